The van der Waals surface area contributed by atoms with E-state index >= 15 is 0 Å². The second kappa shape index (κ2) is 6.60. The maximum Gasteiger partial charge on any atom is 0.340 e. The van der Waals surface area contributed by atoms with Crippen molar-refractivity contribution in [1.82, 2.24) is 35.3 Å². The lowest BCUT2D eigenvalue weighted by molar-refractivity contribution is 0.242. The van der Waals surface area contributed by atoms with Crippen LogP contribution in [0.2, 0.25) is 0 Å². The molecule has 0 spiro atoms. The summed E-state index contributed by atoms with van der Waals surface area (Å²) in [6.45, 7) is 4.31. The van der Waals surface area contributed by atoms with Crippen LogP contribution in [-0.2, 0) is 5.41 Å². The van der Waals surface area contributed by atoms with E-state index in [1.807, 2.05) is 0 Å². The summed E-state index contributed by atoms with van der Waals surface area (Å²) in [6.07, 6.45) is 4.90. The highest BCUT2D eigenvalue weighted by Gasteiger charge is 2.65. The van der Waals surface area contributed by atoms with E-state index < -0.39 is 22.7 Å². The molecule has 8 nitrogen and oxygen atoms in total. The minimum absolute atomic E-state index is 0.118. The van der Waals surface area contributed by atoms with Gasteiger partial charge in [-0.2, -0.15) is 10.2 Å². The van der Waals surface area contributed by atoms with Crippen molar-refractivity contribution in [2.24, 2.45) is 5.41 Å². The Hall–Kier alpha value is -3.82. The fourth-order valence-electron chi connectivity index (χ4n) is 5.83. The largest absolute Gasteiger partial charge is 0.340 e. The summed E-state index contributed by atoms with van der Waals surface area (Å²) in [6, 6.07) is 5.52. The van der Waals surface area contributed by atoms with Crippen LogP contribution in [-0.4, -0.2) is 35.3 Å². The Morgan fingerprint density at radius 2 is 1.88 bits per heavy atom. The first kappa shape index (κ1) is 19.8. The van der Waals surface area contributed by atoms with Gasteiger partial charge in [0.2, 0.25) is 0 Å². The molecule has 6 rings (SSSR count). The minimum Gasteiger partial charge on any atom is -0.288 e. The van der Waals surface area contributed by atoms with Gasteiger partial charge in [-0.1, -0.05) is 19.9 Å². The molecule has 2 atom stereocenters. The Balaban J connectivity index is 1.53. The molecule has 0 saturated heterocycles. The van der Waals surface area contributed by atoms with E-state index in [9.17, 15) is 13.6 Å². The zero-order chi connectivity index (χ0) is 23.0. The van der Waals surface area contributed by atoms with Crippen LogP contribution < -0.4 is 5.69 Å². The number of nitrogens with one attached hydrogen (secondary N) is 2. The lowest BCUT2D eigenvalue weighted by atomic mass is 9.66. The summed E-state index contributed by atoms with van der Waals surface area (Å²) in [7, 11) is 0. The van der Waals surface area contributed by atoms with Gasteiger partial charge in [0.25, 0.3) is 0 Å². The van der Waals surface area contributed by atoms with E-state index in [4.69, 9.17) is 4.98 Å². The minimum atomic E-state index is -0.673. The Labute approximate surface area is 186 Å². The Morgan fingerprint density at radius 3 is 2.61 bits per heavy atom. The molecule has 0 aliphatic heterocycles. The van der Waals surface area contributed by atoms with Crippen molar-refractivity contribution < 1.29 is 8.78 Å². The first-order chi connectivity index (χ1) is 15.8. The highest BCUT2D eigenvalue weighted by atomic mass is 19.1. The topological polar surface area (TPSA) is 113 Å². The average molecular weight is 447 g/mol. The first-order valence-electron chi connectivity index (χ1n) is 10.6. The van der Waals surface area contributed by atoms with Gasteiger partial charge in [-0.15, -0.1) is 5.10 Å². The van der Waals surface area contributed by atoms with Crippen LogP contribution in [0.3, 0.4) is 0 Å². The van der Waals surface area contributed by atoms with Crippen molar-refractivity contribution in [3.8, 4) is 22.8 Å². The third-order valence-corrected chi connectivity index (χ3v) is 7.42. The SMILES string of the molecule is CC1(C)[C@H]2CC[C@]1(c1cncc(-c3n[nH]c(=O)[nH]3)n1)c1nnc(-c3c(F)cccc3F)cc12. The highest BCUT2D eigenvalue weighted by Crippen LogP contribution is 2.69. The van der Waals surface area contributed by atoms with Crippen molar-refractivity contribution in [2.45, 2.75) is 38.0 Å². The number of nitrogens with zero attached hydrogens (tertiary/aromatic N) is 5. The predicted octanol–water partition coefficient (Wildman–Crippen LogP) is 3.49. The number of rotatable bonds is 3. The number of benzene rings is 1. The molecule has 3 aromatic heterocycles. The molecule has 3 heterocycles. The number of aromatic nitrogens is 7. The Morgan fingerprint density at radius 1 is 1.09 bits per heavy atom. The molecule has 0 radical (unpaired) electrons. The first-order valence-corrected chi connectivity index (χ1v) is 10.6. The number of aromatic amines is 2. The number of halogens is 2. The van der Waals surface area contributed by atoms with Crippen molar-refractivity contribution in [2.75, 3.05) is 0 Å². The van der Waals surface area contributed by atoms with Gasteiger partial charge in [0.1, 0.15) is 17.3 Å². The number of hydrogen-bond donors (Lipinski definition) is 2. The molecule has 166 valence electrons. The maximum atomic E-state index is 14.4. The van der Waals surface area contributed by atoms with Crippen molar-refractivity contribution in [1.29, 1.82) is 0 Å². The third-order valence-electron chi connectivity index (χ3n) is 7.42. The van der Waals surface area contributed by atoms with Crippen LogP contribution >= 0.6 is 0 Å². The molecule has 1 fully saturated rings. The molecule has 1 aromatic carbocycles. The van der Waals surface area contributed by atoms with Crippen molar-refractivity contribution in [3.05, 3.63) is 75.7 Å². The van der Waals surface area contributed by atoms with Crippen LogP contribution in [0.1, 0.15) is 49.6 Å². The summed E-state index contributed by atoms with van der Waals surface area (Å²) < 4.78 is 28.8. The smallest absolute Gasteiger partial charge is 0.288 e. The summed E-state index contributed by atoms with van der Waals surface area (Å²) in [5, 5.41) is 15.1. The van der Waals surface area contributed by atoms with E-state index in [1.54, 1.807) is 12.3 Å². The van der Waals surface area contributed by atoms with E-state index in [0.717, 1.165) is 24.1 Å². The fourth-order valence-corrected chi connectivity index (χ4v) is 5.83. The Kier molecular flexibility index (Phi) is 3.96. The zero-order valence-corrected chi connectivity index (χ0v) is 17.9. The van der Waals surface area contributed by atoms with E-state index in [-0.39, 0.29) is 22.6 Å². The van der Waals surface area contributed by atoms with Gasteiger partial charge in [-0.05, 0) is 47.9 Å². The second-order valence-corrected chi connectivity index (χ2v) is 9.16. The van der Waals surface area contributed by atoms with E-state index in [1.165, 1.54) is 24.4 Å². The summed E-state index contributed by atoms with van der Waals surface area (Å²) in [5.41, 5.74) is 1.53. The molecule has 2 aliphatic carbocycles. The maximum absolute atomic E-state index is 14.4. The molecular weight excluding hydrogens is 428 g/mol. The quantitative estimate of drug-likeness (QED) is 0.497. The van der Waals surface area contributed by atoms with Gasteiger partial charge in [-0.25, -0.2) is 23.7 Å². The molecule has 1 saturated carbocycles. The van der Waals surface area contributed by atoms with Gasteiger partial charge >= 0.3 is 5.69 Å². The molecule has 33 heavy (non-hydrogen) atoms. The lowest BCUT2D eigenvalue weighted by Crippen LogP contribution is -2.38. The number of hydrogen-bond acceptors (Lipinski definition) is 6. The molecule has 10 heteroatoms. The van der Waals surface area contributed by atoms with Crippen LogP contribution in [0.15, 0.2) is 41.5 Å². The number of H-pyrrole nitrogens is 2. The molecule has 4 aromatic rings. The third kappa shape index (κ3) is 2.54. The monoisotopic (exact) mass is 447 g/mol. The van der Waals surface area contributed by atoms with Crippen molar-refractivity contribution in [3.63, 3.8) is 0 Å². The predicted molar refractivity (Wildman–Crippen MR) is 114 cm³/mol. The summed E-state index contributed by atoms with van der Waals surface area (Å²) in [5.74, 6) is -0.930. The van der Waals surface area contributed by atoms with Crippen molar-refractivity contribution >= 4 is 0 Å². The molecule has 2 bridgehead atoms. The van der Waals surface area contributed by atoms with Crippen LogP contribution in [0.5, 0.6) is 0 Å². The molecular formula is C23H19F2N7O. The molecule has 2 aliphatic rings. The zero-order valence-electron chi connectivity index (χ0n) is 17.9. The molecule has 0 unspecified atom stereocenters. The van der Waals surface area contributed by atoms with Crippen LogP contribution in [0.25, 0.3) is 22.8 Å². The average Bonchev–Trinajstić information content (AvgIpc) is 3.40. The standard InChI is InChI=1S/C23H19F2N7O/c1-22(2)12-6-7-23(22,17-10-26-9-16(27-17)20-28-21(33)32-31-20)19-11(12)8-15(29-30-19)18-13(24)4-3-5-14(18)25/h3-5,8-10,12H,6-7H2,1-2H3,(H2,28,31,32,33)/t12-,23-/m0/s1. The molecule has 2 N–H and O–H groups in total. The van der Waals surface area contributed by atoms with Gasteiger partial charge in [0.15, 0.2) is 5.82 Å². The van der Waals surface area contributed by atoms with Gasteiger partial charge < -0.3 is 0 Å². The fraction of sp³-hybridized carbons (Fsp3) is 0.304. The lowest BCUT2D eigenvalue weighted by Gasteiger charge is -2.37. The summed E-state index contributed by atoms with van der Waals surface area (Å²) in [4.78, 5) is 23.3. The summed E-state index contributed by atoms with van der Waals surface area (Å²) >= 11 is 0. The second-order valence-electron chi connectivity index (χ2n) is 9.16. The number of fused-ring (bicyclic) bond motifs is 5. The van der Waals surface area contributed by atoms with Crippen LogP contribution in [0.4, 0.5) is 8.78 Å². The van der Waals surface area contributed by atoms with Gasteiger partial charge in [0.05, 0.1) is 34.3 Å². The van der Waals surface area contributed by atoms with Crippen LogP contribution in [0, 0.1) is 17.0 Å². The van der Waals surface area contributed by atoms with Gasteiger partial charge in [0, 0.05) is 6.20 Å². The molecule has 0 amide bonds. The van der Waals surface area contributed by atoms with E-state index in [2.05, 4.69) is 44.2 Å². The van der Waals surface area contributed by atoms with Gasteiger partial charge in [-0.3, -0.25) is 9.97 Å². The Bertz CT molecular complexity index is 1460. The normalized spacial score (nSPS) is 22.5. The highest BCUT2D eigenvalue weighted by molar-refractivity contribution is 5.64. The van der Waals surface area contributed by atoms with E-state index in [0.29, 0.717) is 17.2 Å².